The highest BCUT2D eigenvalue weighted by atomic mass is 32.2. The van der Waals surface area contributed by atoms with Crippen molar-refractivity contribution in [3.8, 4) is 0 Å². The van der Waals surface area contributed by atoms with Gasteiger partial charge < -0.3 is 10.4 Å². The molecule has 1 aromatic rings. The summed E-state index contributed by atoms with van der Waals surface area (Å²) >= 11 is 0.941. The molecule has 0 spiro atoms. The van der Waals surface area contributed by atoms with Crippen LogP contribution in [0.2, 0.25) is 0 Å². The number of para-hydroxylation sites is 1. The molecule has 0 aliphatic carbocycles. The molecule has 1 aromatic carbocycles. The number of rotatable bonds is 4. The molecule has 1 aliphatic rings. The number of hydrogen-bond donors (Lipinski definition) is 2. The quantitative estimate of drug-likeness (QED) is 0.490. The Morgan fingerprint density at radius 3 is 2.86 bits per heavy atom. The third kappa shape index (κ3) is 3.66. The van der Waals surface area contributed by atoms with Gasteiger partial charge in [0.15, 0.2) is 5.17 Å². The molecule has 0 atom stereocenters. The Morgan fingerprint density at radius 2 is 2.19 bits per heavy atom. The van der Waals surface area contributed by atoms with E-state index in [4.69, 9.17) is 5.11 Å². The van der Waals surface area contributed by atoms with Crippen LogP contribution < -0.4 is 5.32 Å². The van der Waals surface area contributed by atoms with Crippen LogP contribution in [0, 0.1) is 10.1 Å². The lowest BCUT2D eigenvalue weighted by Crippen LogP contribution is -2.20. The first-order valence-corrected chi connectivity index (χ1v) is 6.49. The number of carbonyl (C=O) groups is 2. The van der Waals surface area contributed by atoms with Crippen LogP contribution in [0.5, 0.6) is 0 Å². The van der Waals surface area contributed by atoms with Crippen LogP contribution in [0.4, 0.5) is 5.69 Å². The molecule has 1 aliphatic heterocycles. The Bertz CT molecular complexity index is 683. The minimum atomic E-state index is -1.12. The van der Waals surface area contributed by atoms with Crippen LogP contribution in [0.25, 0.3) is 6.08 Å². The summed E-state index contributed by atoms with van der Waals surface area (Å²) in [5, 5.41) is 22.0. The van der Waals surface area contributed by atoms with E-state index in [9.17, 15) is 19.7 Å². The van der Waals surface area contributed by atoms with Crippen LogP contribution in [-0.4, -0.2) is 33.6 Å². The van der Waals surface area contributed by atoms with E-state index >= 15 is 0 Å². The molecule has 1 amide bonds. The number of amidine groups is 1. The minimum Gasteiger partial charge on any atom is -0.480 e. The Balaban J connectivity index is 2.27. The number of nitro groups is 1. The van der Waals surface area contributed by atoms with Gasteiger partial charge in [-0.1, -0.05) is 12.1 Å². The maximum atomic E-state index is 11.7. The minimum absolute atomic E-state index is 0.116. The summed E-state index contributed by atoms with van der Waals surface area (Å²) in [6, 6.07) is 6.01. The van der Waals surface area contributed by atoms with Crippen molar-refractivity contribution >= 4 is 40.6 Å². The number of aliphatic carboxylic acids is 1. The molecule has 0 saturated carbocycles. The van der Waals surface area contributed by atoms with E-state index in [1.165, 1.54) is 24.3 Å². The molecule has 8 nitrogen and oxygen atoms in total. The molecule has 1 heterocycles. The zero-order valence-corrected chi connectivity index (χ0v) is 11.3. The molecule has 0 bridgehead atoms. The van der Waals surface area contributed by atoms with Crippen LogP contribution in [0.15, 0.2) is 34.2 Å². The van der Waals surface area contributed by atoms with Gasteiger partial charge in [0.25, 0.3) is 11.6 Å². The molecule has 1 saturated heterocycles. The topological polar surface area (TPSA) is 122 Å². The van der Waals surface area contributed by atoms with Crippen LogP contribution in [0.3, 0.4) is 0 Å². The number of nitrogens with one attached hydrogen (secondary N) is 1. The van der Waals surface area contributed by atoms with Gasteiger partial charge in [-0.05, 0) is 23.9 Å². The van der Waals surface area contributed by atoms with Gasteiger partial charge in [-0.15, -0.1) is 0 Å². The molecule has 0 radical (unpaired) electrons. The van der Waals surface area contributed by atoms with Crippen molar-refractivity contribution < 1.29 is 19.6 Å². The van der Waals surface area contributed by atoms with E-state index in [1.54, 1.807) is 6.07 Å². The van der Waals surface area contributed by atoms with Gasteiger partial charge >= 0.3 is 5.97 Å². The number of benzene rings is 1. The van der Waals surface area contributed by atoms with E-state index in [0.29, 0.717) is 5.56 Å². The second-order valence-electron chi connectivity index (χ2n) is 3.90. The Hall–Kier alpha value is -2.68. The summed E-state index contributed by atoms with van der Waals surface area (Å²) in [5.41, 5.74) is 0.175. The summed E-state index contributed by atoms with van der Waals surface area (Å²) in [7, 11) is 0. The fraction of sp³-hybridized carbons (Fsp3) is 0.0833. The fourth-order valence-electron chi connectivity index (χ4n) is 1.56. The van der Waals surface area contributed by atoms with Gasteiger partial charge in [-0.3, -0.25) is 24.7 Å². The summed E-state index contributed by atoms with van der Waals surface area (Å²) < 4.78 is 0. The maximum Gasteiger partial charge on any atom is 0.325 e. The van der Waals surface area contributed by atoms with Gasteiger partial charge in [0.05, 0.1) is 15.4 Å². The standard InChI is InChI=1S/C12H9N3O5S/c16-10(17)6-13-12-14-11(18)9(21-12)5-7-3-1-2-4-8(7)15(19)20/h1-5H,6H2,(H,16,17)(H,13,14,18)/b9-5-. The molecule has 0 unspecified atom stereocenters. The summed E-state index contributed by atoms with van der Waals surface area (Å²) in [5.74, 6) is -1.59. The highest BCUT2D eigenvalue weighted by Crippen LogP contribution is 2.28. The van der Waals surface area contributed by atoms with Crippen LogP contribution in [0.1, 0.15) is 5.56 Å². The van der Waals surface area contributed by atoms with Gasteiger partial charge in [0.2, 0.25) is 0 Å². The number of carbonyl (C=O) groups excluding carboxylic acids is 1. The van der Waals surface area contributed by atoms with Gasteiger partial charge in [-0.2, -0.15) is 0 Å². The largest absolute Gasteiger partial charge is 0.480 e. The second-order valence-corrected chi connectivity index (χ2v) is 4.93. The number of nitrogens with zero attached hydrogens (tertiary/aromatic N) is 2. The van der Waals surface area contributed by atoms with Crippen molar-refractivity contribution in [3.05, 3.63) is 44.8 Å². The van der Waals surface area contributed by atoms with Crippen molar-refractivity contribution in [1.29, 1.82) is 0 Å². The highest BCUT2D eigenvalue weighted by Gasteiger charge is 2.25. The van der Waals surface area contributed by atoms with Crippen molar-refractivity contribution in [3.63, 3.8) is 0 Å². The lowest BCUT2D eigenvalue weighted by molar-refractivity contribution is -0.385. The van der Waals surface area contributed by atoms with Crippen LogP contribution >= 0.6 is 11.8 Å². The highest BCUT2D eigenvalue weighted by molar-refractivity contribution is 8.18. The molecule has 108 valence electrons. The molecule has 9 heteroatoms. The summed E-state index contributed by atoms with van der Waals surface area (Å²) in [4.78, 5) is 36.4. The van der Waals surface area contributed by atoms with Crippen molar-refractivity contribution in [1.82, 2.24) is 5.32 Å². The number of aliphatic imine (C=N–C) groups is 1. The molecular weight excluding hydrogens is 298 g/mol. The van der Waals surface area contributed by atoms with E-state index in [-0.39, 0.29) is 15.8 Å². The van der Waals surface area contributed by atoms with Crippen LogP contribution in [-0.2, 0) is 9.59 Å². The molecule has 0 aromatic heterocycles. The summed E-state index contributed by atoms with van der Waals surface area (Å²) in [6.07, 6.45) is 1.38. The second kappa shape index (κ2) is 6.18. The Labute approximate surface area is 122 Å². The number of hydrogen-bond acceptors (Lipinski definition) is 6. The first-order valence-electron chi connectivity index (χ1n) is 5.68. The number of carboxylic acids is 1. The average molecular weight is 307 g/mol. The van der Waals surface area contributed by atoms with Crippen molar-refractivity contribution in [2.75, 3.05) is 6.54 Å². The van der Waals surface area contributed by atoms with E-state index in [2.05, 4.69) is 10.3 Å². The normalized spacial score (nSPS) is 18.0. The fourth-order valence-corrected chi connectivity index (χ4v) is 2.37. The van der Waals surface area contributed by atoms with Gasteiger partial charge in [0.1, 0.15) is 6.54 Å². The smallest absolute Gasteiger partial charge is 0.325 e. The van der Waals surface area contributed by atoms with E-state index in [1.807, 2.05) is 0 Å². The molecule has 2 rings (SSSR count). The number of carboxylic acid groups (broad SMARTS) is 1. The first-order chi connectivity index (χ1) is 9.97. The van der Waals surface area contributed by atoms with Gasteiger partial charge in [0, 0.05) is 6.07 Å². The lowest BCUT2D eigenvalue weighted by atomic mass is 10.1. The Kier molecular flexibility index (Phi) is 4.33. The zero-order valence-electron chi connectivity index (χ0n) is 10.5. The Morgan fingerprint density at radius 1 is 1.48 bits per heavy atom. The average Bonchev–Trinajstić information content (AvgIpc) is 2.77. The SMILES string of the molecule is O=C(O)CN=C1NC(=O)/C(=C/c2ccccc2[N+](=O)[O-])S1. The number of thioether (sulfide) groups is 1. The van der Waals surface area contributed by atoms with Crippen molar-refractivity contribution in [2.45, 2.75) is 0 Å². The third-order valence-electron chi connectivity index (χ3n) is 2.43. The molecule has 1 fully saturated rings. The predicted octanol–water partition coefficient (Wildman–Crippen LogP) is 1.24. The predicted molar refractivity (Wildman–Crippen MR) is 76.7 cm³/mol. The molecular formula is C12H9N3O5S. The number of amides is 1. The lowest BCUT2D eigenvalue weighted by Gasteiger charge is -1.97. The third-order valence-corrected chi connectivity index (χ3v) is 3.38. The van der Waals surface area contributed by atoms with Crippen molar-refractivity contribution in [2.24, 2.45) is 4.99 Å². The zero-order chi connectivity index (χ0) is 15.4. The maximum absolute atomic E-state index is 11.7. The van der Waals surface area contributed by atoms with E-state index < -0.39 is 23.3 Å². The molecule has 2 N–H and O–H groups in total. The number of nitro benzene ring substituents is 1. The first kappa shape index (κ1) is 14.7. The summed E-state index contributed by atoms with van der Waals surface area (Å²) in [6.45, 7) is -0.457. The molecule has 21 heavy (non-hydrogen) atoms. The van der Waals surface area contributed by atoms with Gasteiger partial charge in [-0.25, -0.2) is 0 Å². The van der Waals surface area contributed by atoms with E-state index in [0.717, 1.165) is 11.8 Å². The monoisotopic (exact) mass is 307 g/mol.